The van der Waals surface area contributed by atoms with Crippen LogP contribution < -0.4 is 10.6 Å². The second-order valence-electron chi connectivity index (χ2n) is 11.3. The van der Waals surface area contributed by atoms with E-state index in [0.717, 1.165) is 31.2 Å². The van der Waals surface area contributed by atoms with Crippen LogP contribution in [0.3, 0.4) is 0 Å². The summed E-state index contributed by atoms with van der Waals surface area (Å²) in [4.78, 5) is 49.1. The van der Waals surface area contributed by atoms with Crippen LogP contribution in [0.2, 0.25) is 0 Å². The molecule has 2 aliphatic rings. The van der Waals surface area contributed by atoms with Crippen molar-refractivity contribution in [3.8, 4) is 0 Å². The molecule has 1 saturated carbocycles. The molecule has 9 heteroatoms. The van der Waals surface area contributed by atoms with Gasteiger partial charge < -0.3 is 25.2 Å². The van der Waals surface area contributed by atoms with Gasteiger partial charge in [0.05, 0.1) is 0 Å². The first-order valence-electron chi connectivity index (χ1n) is 13.5. The number of ketones is 1. The molecule has 9 nitrogen and oxygen atoms in total. The Morgan fingerprint density at radius 3 is 2.39 bits per heavy atom. The lowest BCUT2D eigenvalue weighted by Crippen LogP contribution is -2.34. The SMILES string of the molecule is CC(Cc1ccc(NC(=O)CCNC(=O)OC(C)(C)C)cc1)/C(O)=C1\C(=O)OC(CC2CCCCC2)C1=O. The smallest absolute Gasteiger partial charge is 0.407 e. The highest BCUT2D eigenvalue weighted by atomic mass is 16.6. The van der Waals surface area contributed by atoms with Gasteiger partial charge in [0.25, 0.3) is 0 Å². The first kappa shape index (κ1) is 29.2. The maximum atomic E-state index is 12.9. The Morgan fingerprint density at radius 1 is 1.11 bits per heavy atom. The number of allylic oxidation sites excluding steroid dienone is 1. The van der Waals surface area contributed by atoms with E-state index in [0.29, 0.717) is 24.4 Å². The number of carbonyl (C=O) groups is 4. The molecule has 2 fully saturated rings. The number of benzene rings is 1. The van der Waals surface area contributed by atoms with Gasteiger partial charge in [-0.1, -0.05) is 51.2 Å². The van der Waals surface area contributed by atoms with Crippen molar-refractivity contribution in [2.45, 2.75) is 90.8 Å². The monoisotopic (exact) mass is 528 g/mol. The van der Waals surface area contributed by atoms with Crippen molar-refractivity contribution in [2.75, 3.05) is 11.9 Å². The van der Waals surface area contributed by atoms with E-state index in [-0.39, 0.29) is 30.2 Å². The van der Waals surface area contributed by atoms with E-state index in [1.54, 1.807) is 39.8 Å². The summed E-state index contributed by atoms with van der Waals surface area (Å²) >= 11 is 0. The minimum absolute atomic E-state index is 0.0886. The molecular formula is C29H40N2O7. The number of carbonyl (C=O) groups excluding carboxylic acids is 4. The average Bonchev–Trinajstić information content (AvgIpc) is 3.11. The number of hydrogen-bond donors (Lipinski definition) is 3. The normalized spacial score (nSPS) is 20.5. The molecule has 2 amide bonds. The van der Waals surface area contributed by atoms with E-state index in [4.69, 9.17) is 9.47 Å². The molecule has 3 N–H and O–H groups in total. The Bertz CT molecular complexity index is 1050. The number of ether oxygens (including phenoxy) is 2. The van der Waals surface area contributed by atoms with Crippen molar-refractivity contribution in [1.82, 2.24) is 5.32 Å². The van der Waals surface area contributed by atoms with Gasteiger partial charge in [-0.25, -0.2) is 9.59 Å². The second kappa shape index (κ2) is 12.9. The van der Waals surface area contributed by atoms with Gasteiger partial charge in [0.1, 0.15) is 16.9 Å². The van der Waals surface area contributed by atoms with Gasteiger partial charge in [0.15, 0.2) is 6.10 Å². The number of aliphatic hydroxyl groups excluding tert-OH is 1. The summed E-state index contributed by atoms with van der Waals surface area (Å²) in [5.41, 5.74) is 0.631. The average molecular weight is 529 g/mol. The van der Waals surface area contributed by atoms with Gasteiger partial charge in [-0.05, 0) is 57.2 Å². The summed E-state index contributed by atoms with van der Waals surface area (Å²) in [5.74, 6) is -1.73. The van der Waals surface area contributed by atoms with E-state index in [1.165, 1.54) is 6.42 Å². The number of hydrogen-bond acceptors (Lipinski definition) is 7. The zero-order chi connectivity index (χ0) is 27.9. The lowest BCUT2D eigenvalue weighted by atomic mass is 9.84. The van der Waals surface area contributed by atoms with Crippen molar-refractivity contribution in [3.05, 3.63) is 41.2 Å². The van der Waals surface area contributed by atoms with Crippen LogP contribution in [0.5, 0.6) is 0 Å². The van der Waals surface area contributed by atoms with Crippen molar-refractivity contribution in [1.29, 1.82) is 0 Å². The summed E-state index contributed by atoms with van der Waals surface area (Å²) in [6.45, 7) is 7.19. The van der Waals surface area contributed by atoms with Gasteiger partial charge in [-0.2, -0.15) is 0 Å². The molecule has 38 heavy (non-hydrogen) atoms. The molecule has 1 aliphatic heterocycles. The third kappa shape index (κ3) is 8.60. The van der Waals surface area contributed by atoms with Gasteiger partial charge >= 0.3 is 12.1 Å². The minimum atomic E-state index is -0.794. The Kier molecular flexibility index (Phi) is 9.94. The quantitative estimate of drug-likeness (QED) is 0.178. The molecule has 2 unspecified atom stereocenters. The highest BCUT2D eigenvalue weighted by molar-refractivity contribution is 6.23. The number of anilines is 1. The Morgan fingerprint density at radius 2 is 1.76 bits per heavy atom. The van der Waals surface area contributed by atoms with Crippen LogP contribution >= 0.6 is 0 Å². The third-order valence-electron chi connectivity index (χ3n) is 6.79. The Balaban J connectivity index is 1.49. The molecule has 1 heterocycles. The summed E-state index contributed by atoms with van der Waals surface area (Å²) in [5, 5.41) is 16.1. The number of nitrogens with one attached hydrogen (secondary N) is 2. The van der Waals surface area contributed by atoms with Crippen LogP contribution in [0.1, 0.15) is 78.2 Å². The third-order valence-corrected chi connectivity index (χ3v) is 6.79. The fraction of sp³-hybridized carbons (Fsp3) is 0.586. The number of Topliss-reactive ketones (excluding diaryl/α,β-unsaturated/α-hetero) is 1. The zero-order valence-electron chi connectivity index (χ0n) is 22.8. The predicted molar refractivity (Wildman–Crippen MR) is 143 cm³/mol. The highest BCUT2D eigenvalue weighted by Gasteiger charge is 2.42. The number of cyclic esters (lactones) is 1. The lowest BCUT2D eigenvalue weighted by Gasteiger charge is -2.22. The summed E-state index contributed by atoms with van der Waals surface area (Å²) in [7, 11) is 0. The molecule has 0 bridgehead atoms. The van der Waals surface area contributed by atoms with Crippen LogP contribution in [0.15, 0.2) is 35.6 Å². The van der Waals surface area contributed by atoms with Gasteiger partial charge in [0, 0.05) is 24.6 Å². The van der Waals surface area contributed by atoms with Gasteiger partial charge in [0.2, 0.25) is 11.7 Å². The van der Waals surface area contributed by atoms with E-state index < -0.39 is 35.5 Å². The Hall–Kier alpha value is -3.36. The zero-order valence-corrected chi connectivity index (χ0v) is 22.8. The Labute approximate surface area is 224 Å². The second-order valence-corrected chi connectivity index (χ2v) is 11.3. The van der Waals surface area contributed by atoms with Crippen LogP contribution in [0.4, 0.5) is 10.5 Å². The molecule has 0 aromatic heterocycles. The fourth-order valence-corrected chi connectivity index (χ4v) is 4.85. The van der Waals surface area contributed by atoms with E-state index in [9.17, 15) is 24.3 Å². The standard InChI is InChI=1S/C29H40N2O7/c1-18(25(33)24-26(34)22(37-27(24)35)17-19-8-6-5-7-9-19)16-20-10-12-21(13-11-20)31-23(32)14-15-30-28(36)38-29(2,3)4/h10-13,18-19,22,33H,5-9,14-17H2,1-4H3,(H,30,36)(H,31,32)/b25-24+. The molecule has 0 spiro atoms. The highest BCUT2D eigenvalue weighted by Crippen LogP contribution is 2.33. The summed E-state index contributed by atoms with van der Waals surface area (Å²) in [6.07, 6.45) is 5.22. The number of amides is 2. The number of alkyl carbamates (subject to hydrolysis) is 1. The van der Waals surface area contributed by atoms with Gasteiger partial charge in [-0.3, -0.25) is 9.59 Å². The number of aliphatic hydroxyl groups is 1. The summed E-state index contributed by atoms with van der Waals surface area (Å²) in [6, 6.07) is 7.09. The van der Waals surface area contributed by atoms with Crippen molar-refractivity contribution >= 4 is 29.4 Å². The maximum Gasteiger partial charge on any atom is 0.407 e. The molecule has 208 valence electrons. The van der Waals surface area contributed by atoms with Crippen LogP contribution in [-0.4, -0.2) is 47.1 Å². The van der Waals surface area contributed by atoms with E-state index in [2.05, 4.69) is 10.6 Å². The predicted octanol–water partition coefficient (Wildman–Crippen LogP) is 5.00. The van der Waals surface area contributed by atoms with Crippen LogP contribution in [-0.2, 0) is 30.3 Å². The van der Waals surface area contributed by atoms with E-state index in [1.807, 2.05) is 12.1 Å². The van der Waals surface area contributed by atoms with Gasteiger partial charge in [-0.15, -0.1) is 0 Å². The van der Waals surface area contributed by atoms with E-state index >= 15 is 0 Å². The lowest BCUT2D eigenvalue weighted by molar-refractivity contribution is -0.141. The molecule has 1 aromatic carbocycles. The number of rotatable bonds is 9. The van der Waals surface area contributed by atoms with Crippen molar-refractivity contribution in [2.24, 2.45) is 11.8 Å². The minimum Gasteiger partial charge on any atom is -0.511 e. The van der Waals surface area contributed by atoms with Crippen LogP contribution in [0.25, 0.3) is 0 Å². The largest absolute Gasteiger partial charge is 0.511 e. The molecule has 1 saturated heterocycles. The van der Waals surface area contributed by atoms with Crippen molar-refractivity contribution < 1.29 is 33.8 Å². The summed E-state index contributed by atoms with van der Waals surface area (Å²) < 4.78 is 10.5. The molecule has 0 radical (unpaired) electrons. The van der Waals surface area contributed by atoms with Crippen molar-refractivity contribution in [3.63, 3.8) is 0 Å². The molecule has 1 aromatic rings. The molecular weight excluding hydrogens is 488 g/mol. The molecule has 1 aliphatic carbocycles. The van der Waals surface area contributed by atoms with Crippen LogP contribution in [0, 0.1) is 11.8 Å². The first-order valence-corrected chi connectivity index (χ1v) is 13.5. The maximum absolute atomic E-state index is 12.9. The fourth-order valence-electron chi connectivity index (χ4n) is 4.85. The molecule has 2 atom stereocenters. The first-order chi connectivity index (χ1) is 17.9. The number of esters is 1. The molecule has 3 rings (SSSR count). The topological polar surface area (TPSA) is 131 Å².